The molecule has 0 aliphatic carbocycles. The van der Waals surface area contributed by atoms with Crippen LogP contribution in [0.1, 0.15) is 34.8 Å². The molecule has 0 aromatic carbocycles. The Labute approximate surface area is 173 Å². The van der Waals surface area contributed by atoms with Gasteiger partial charge in [-0.3, -0.25) is 19.0 Å². The van der Waals surface area contributed by atoms with Crippen molar-refractivity contribution in [3.8, 4) is 0 Å². The van der Waals surface area contributed by atoms with Crippen molar-refractivity contribution in [3.05, 3.63) is 76.0 Å². The van der Waals surface area contributed by atoms with Crippen LogP contribution in [0, 0.1) is 6.92 Å². The topological polar surface area (TPSA) is 106 Å². The van der Waals surface area contributed by atoms with Crippen molar-refractivity contribution in [2.75, 3.05) is 5.73 Å². The van der Waals surface area contributed by atoms with Crippen LogP contribution >= 0.6 is 0 Å². The van der Waals surface area contributed by atoms with Gasteiger partial charge >= 0.3 is 0 Å². The zero-order valence-electron chi connectivity index (χ0n) is 16.9. The van der Waals surface area contributed by atoms with Gasteiger partial charge in [-0.1, -0.05) is 24.0 Å². The first-order valence-electron chi connectivity index (χ1n) is 9.81. The summed E-state index contributed by atoms with van der Waals surface area (Å²) in [6, 6.07) is 8.93. The molecule has 0 fully saturated rings. The first kappa shape index (κ1) is 19.5. The van der Waals surface area contributed by atoms with Gasteiger partial charge in [0, 0.05) is 25.1 Å². The Balaban J connectivity index is 1.86. The number of pyridine rings is 3. The number of nitrogens with one attached hydrogen (secondary N) is 1. The van der Waals surface area contributed by atoms with Gasteiger partial charge in [-0.25, -0.2) is 4.57 Å². The molecule has 4 rings (SSSR count). The van der Waals surface area contributed by atoms with Crippen molar-refractivity contribution >= 4 is 28.4 Å². The quantitative estimate of drug-likeness (QED) is 0.390. The van der Waals surface area contributed by atoms with E-state index in [0.29, 0.717) is 29.8 Å². The maximum atomic E-state index is 13.2. The molecule has 4 aromatic rings. The number of carbonyl (C=O) groups excluding carboxylic acids is 1. The number of aryl methyl sites for hydroxylation is 2. The fourth-order valence-corrected chi connectivity index (χ4v) is 3.47. The van der Waals surface area contributed by atoms with Crippen LogP contribution in [0.3, 0.4) is 0 Å². The van der Waals surface area contributed by atoms with E-state index in [0.717, 1.165) is 17.5 Å². The van der Waals surface area contributed by atoms with Crippen molar-refractivity contribution in [3.63, 3.8) is 0 Å². The Bertz CT molecular complexity index is 1310. The Hall–Kier alpha value is -3.81. The summed E-state index contributed by atoms with van der Waals surface area (Å²) in [5, 5.41) is 3.21. The molecule has 30 heavy (non-hydrogen) atoms. The Morgan fingerprint density at radius 1 is 1.30 bits per heavy atom. The fourth-order valence-electron chi connectivity index (χ4n) is 3.47. The normalized spacial score (nSPS) is 11.1. The molecule has 4 heterocycles. The van der Waals surface area contributed by atoms with Gasteiger partial charge in [-0.05, 0) is 42.7 Å². The Morgan fingerprint density at radius 2 is 2.13 bits per heavy atom. The minimum Gasteiger partial charge on any atom is -0.348 e. The molecule has 8 heteroatoms. The third kappa shape index (κ3) is 3.47. The third-order valence-corrected chi connectivity index (χ3v) is 4.96. The predicted octanol–water partition coefficient (Wildman–Crippen LogP) is 1.76. The molecule has 8 nitrogen and oxygen atoms in total. The minimum atomic E-state index is -0.350. The zero-order valence-corrected chi connectivity index (χ0v) is 16.9. The molecule has 0 saturated heterocycles. The average Bonchev–Trinajstić information content (AvgIpc) is 2.75. The van der Waals surface area contributed by atoms with Gasteiger partial charge in [0.1, 0.15) is 10.9 Å². The van der Waals surface area contributed by atoms with Gasteiger partial charge in [-0.15, -0.1) is 0 Å². The molecule has 0 atom stereocenters. The van der Waals surface area contributed by atoms with E-state index in [9.17, 15) is 9.59 Å². The highest BCUT2D eigenvalue weighted by molar-refractivity contribution is 6.00. The van der Waals surface area contributed by atoms with E-state index >= 15 is 0 Å². The second-order valence-corrected chi connectivity index (χ2v) is 7.23. The van der Waals surface area contributed by atoms with Crippen molar-refractivity contribution < 1.29 is 9.36 Å². The summed E-state index contributed by atoms with van der Waals surface area (Å²) in [6.07, 6.45) is 5.88. The van der Waals surface area contributed by atoms with E-state index in [1.165, 1.54) is 4.40 Å². The lowest BCUT2D eigenvalue weighted by Crippen LogP contribution is -2.42. The van der Waals surface area contributed by atoms with E-state index in [-0.39, 0.29) is 22.8 Å². The lowest BCUT2D eigenvalue weighted by atomic mass is 10.1. The van der Waals surface area contributed by atoms with Crippen molar-refractivity contribution in [1.29, 1.82) is 0 Å². The Kier molecular flexibility index (Phi) is 5.14. The SMILES string of the molecule is CCC[n+]1c(N)c(C(=O)NCc2cccnc2)cc2c(=O)n3cc(C)ccc3nc21. The summed E-state index contributed by atoms with van der Waals surface area (Å²) < 4.78 is 3.25. The highest BCUT2D eigenvalue weighted by atomic mass is 16.1. The number of nitrogens with two attached hydrogens (primary N) is 1. The number of hydrogen-bond acceptors (Lipinski definition) is 5. The molecule has 1 amide bonds. The van der Waals surface area contributed by atoms with Crippen LogP contribution in [-0.4, -0.2) is 20.3 Å². The van der Waals surface area contributed by atoms with Crippen LogP contribution in [0.25, 0.3) is 16.7 Å². The molecule has 0 saturated carbocycles. The summed E-state index contributed by atoms with van der Waals surface area (Å²) >= 11 is 0. The molecule has 0 bridgehead atoms. The minimum absolute atomic E-state index is 0.232. The van der Waals surface area contributed by atoms with E-state index in [1.54, 1.807) is 41.4 Å². The summed E-state index contributed by atoms with van der Waals surface area (Å²) in [5.41, 5.74) is 9.22. The molecule has 0 aliphatic rings. The van der Waals surface area contributed by atoms with Crippen LogP contribution in [0.15, 0.2) is 53.7 Å². The average molecular weight is 403 g/mol. The lowest BCUT2D eigenvalue weighted by Gasteiger charge is -2.12. The van der Waals surface area contributed by atoms with Crippen molar-refractivity contribution in [2.24, 2.45) is 0 Å². The van der Waals surface area contributed by atoms with Crippen molar-refractivity contribution in [1.82, 2.24) is 19.7 Å². The molecule has 0 unspecified atom stereocenters. The van der Waals surface area contributed by atoms with Crippen molar-refractivity contribution in [2.45, 2.75) is 33.4 Å². The molecule has 3 N–H and O–H groups in total. The largest absolute Gasteiger partial charge is 0.348 e. The lowest BCUT2D eigenvalue weighted by molar-refractivity contribution is -0.658. The van der Waals surface area contributed by atoms with Gasteiger partial charge in [0.05, 0.1) is 6.54 Å². The highest BCUT2D eigenvalue weighted by Crippen LogP contribution is 2.15. The standard InChI is InChI=1S/C22H22N6O2/c1-3-9-27-19(23)16(21(29)25-12-15-5-4-8-24-11-15)10-17-20(27)26-18-7-6-14(2)13-28(18)22(17)30/h4-8,10-11,13,23H,3,9,12H2,1-2H3,(H,25,29)/p+1. The van der Waals surface area contributed by atoms with Gasteiger partial charge in [0.25, 0.3) is 17.1 Å². The van der Waals surface area contributed by atoms with Crippen LogP contribution in [-0.2, 0) is 13.1 Å². The number of anilines is 1. The number of carbonyl (C=O) groups is 1. The smallest absolute Gasteiger partial charge is 0.278 e. The third-order valence-electron chi connectivity index (χ3n) is 4.96. The summed E-state index contributed by atoms with van der Waals surface area (Å²) in [4.78, 5) is 34.8. The van der Waals surface area contributed by atoms with Gasteiger partial charge < -0.3 is 11.1 Å². The maximum Gasteiger partial charge on any atom is 0.278 e. The number of fused-ring (bicyclic) bond motifs is 2. The Morgan fingerprint density at radius 3 is 2.87 bits per heavy atom. The molecule has 152 valence electrons. The number of rotatable bonds is 5. The van der Waals surface area contributed by atoms with Crippen LogP contribution in [0.5, 0.6) is 0 Å². The number of nitrogens with zero attached hydrogens (tertiary/aromatic N) is 4. The van der Waals surface area contributed by atoms with Gasteiger partial charge in [0.15, 0.2) is 0 Å². The molecule has 4 aromatic heterocycles. The second-order valence-electron chi connectivity index (χ2n) is 7.23. The number of nitrogen functional groups attached to an aromatic ring is 1. The van der Waals surface area contributed by atoms with Gasteiger partial charge in [0.2, 0.25) is 11.5 Å². The number of amides is 1. The first-order valence-corrected chi connectivity index (χ1v) is 9.81. The summed E-state index contributed by atoms with van der Waals surface area (Å²) in [6.45, 7) is 4.77. The second kappa shape index (κ2) is 7.90. The molecular weight excluding hydrogens is 380 g/mol. The van der Waals surface area contributed by atoms with Crippen LogP contribution in [0.4, 0.5) is 5.82 Å². The molecule has 0 spiro atoms. The molecule has 0 aliphatic heterocycles. The summed E-state index contributed by atoms with van der Waals surface area (Å²) in [5.74, 6) is -0.0618. The van der Waals surface area contributed by atoms with Crippen LogP contribution in [0.2, 0.25) is 0 Å². The summed E-state index contributed by atoms with van der Waals surface area (Å²) in [7, 11) is 0. The molecule has 0 radical (unpaired) electrons. The predicted molar refractivity (Wildman–Crippen MR) is 114 cm³/mol. The van der Waals surface area contributed by atoms with E-state index in [4.69, 9.17) is 5.73 Å². The van der Waals surface area contributed by atoms with E-state index in [2.05, 4.69) is 15.3 Å². The van der Waals surface area contributed by atoms with E-state index < -0.39 is 0 Å². The fraction of sp³-hybridized carbons (Fsp3) is 0.227. The van der Waals surface area contributed by atoms with Gasteiger partial charge in [-0.2, -0.15) is 0 Å². The zero-order chi connectivity index (χ0) is 21.3. The number of hydrogen-bond donors (Lipinski definition) is 2. The van der Waals surface area contributed by atoms with E-state index in [1.807, 2.05) is 26.0 Å². The van der Waals surface area contributed by atoms with Crippen LogP contribution < -0.4 is 21.2 Å². The first-order chi connectivity index (χ1) is 14.5. The highest BCUT2D eigenvalue weighted by Gasteiger charge is 2.24. The number of aromatic nitrogens is 4. The maximum absolute atomic E-state index is 13.2. The monoisotopic (exact) mass is 403 g/mol. The molecular formula is C22H23N6O2+.